The van der Waals surface area contributed by atoms with Crippen LogP contribution in [-0.4, -0.2) is 11.1 Å². The van der Waals surface area contributed by atoms with E-state index in [4.69, 9.17) is 5.11 Å². The number of aliphatic carboxylic acids is 1. The first-order valence-corrected chi connectivity index (χ1v) is 5.98. The number of carboxylic acid groups (broad SMARTS) is 1. The van der Waals surface area contributed by atoms with Gasteiger partial charge in [-0.05, 0) is 36.3 Å². The van der Waals surface area contributed by atoms with E-state index in [1.165, 1.54) is 24.8 Å². The predicted octanol–water partition coefficient (Wildman–Crippen LogP) is 3.22. The van der Waals surface area contributed by atoms with E-state index in [1.807, 2.05) is 0 Å². The van der Waals surface area contributed by atoms with Crippen LogP contribution in [0.2, 0.25) is 0 Å². The highest BCUT2D eigenvalue weighted by Crippen LogP contribution is 2.36. The Morgan fingerprint density at radius 1 is 1.38 bits per heavy atom. The standard InChI is InChI=1S/C14H18O2/c1-10(14(15)16)9-11-5-7-13(8-6-11)12-3-2-4-12/h5-8,10,12H,2-4,9H2,1H3,(H,15,16). The first-order valence-electron chi connectivity index (χ1n) is 5.98. The van der Waals surface area contributed by atoms with E-state index in [9.17, 15) is 4.79 Å². The van der Waals surface area contributed by atoms with E-state index in [0.717, 1.165) is 11.5 Å². The summed E-state index contributed by atoms with van der Waals surface area (Å²) in [6.07, 6.45) is 4.60. The minimum Gasteiger partial charge on any atom is -0.481 e. The van der Waals surface area contributed by atoms with Crippen LogP contribution in [0.3, 0.4) is 0 Å². The second-order valence-electron chi connectivity index (χ2n) is 4.81. The van der Waals surface area contributed by atoms with Crippen molar-refractivity contribution in [3.8, 4) is 0 Å². The molecule has 0 aliphatic heterocycles. The summed E-state index contributed by atoms with van der Waals surface area (Å²) in [6.45, 7) is 1.75. The summed E-state index contributed by atoms with van der Waals surface area (Å²) >= 11 is 0. The van der Waals surface area contributed by atoms with E-state index in [0.29, 0.717) is 6.42 Å². The largest absolute Gasteiger partial charge is 0.481 e. The van der Waals surface area contributed by atoms with Gasteiger partial charge in [-0.3, -0.25) is 4.79 Å². The molecule has 1 saturated carbocycles. The molecule has 1 aromatic carbocycles. The molecule has 2 nitrogen and oxygen atoms in total. The number of rotatable bonds is 4. The van der Waals surface area contributed by atoms with Crippen molar-refractivity contribution in [2.24, 2.45) is 5.92 Å². The topological polar surface area (TPSA) is 37.3 Å². The number of carbonyl (C=O) groups is 1. The van der Waals surface area contributed by atoms with E-state index >= 15 is 0 Å². The van der Waals surface area contributed by atoms with Crippen molar-refractivity contribution in [1.82, 2.24) is 0 Å². The molecule has 2 rings (SSSR count). The third kappa shape index (κ3) is 2.43. The molecule has 1 aliphatic rings. The number of benzene rings is 1. The first kappa shape index (κ1) is 11.2. The summed E-state index contributed by atoms with van der Waals surface area (Å²) in [5.74, 6) is -0.261. The number of hydrogen-bond acceptors (Lipinski definition) is 1. The van der Waals surface area contributed by atoms with Crippen LogP contribution in [0.4, 0.5) is 0 Å². The fourth-order valence-corrected chi connectivity index (χ4v) is 2.11. The summed E-state index contributed by atoms with van der Waals surface area (Å²) in [7, 11) is 0. The molecule has 16 heavy (non-hydrogen) atoms. The summed E-state index contributed by atoms with van der Waals surface area (Å²) in [5.41, 5.74) is 2.54. The quantitative estimate of drug-likeness (QED) is 0.842. The van der Waals surface area contributed by atoms with Gasteiger partial charge in [-0.15, -0.1) is 0 Å². The minimum absolute atomic E-state index is 0.297. The number of hydrogen-bond donors (Lipinski definition) is 1. The van der Waals surface area contributed by atoms with Crippen molar-refractivity contribution >= 4 is 5.97 Å². The van der Waals surface area contributed by atoms with Crippen molar-refractivity contribution in [3.63, 3.8) is 0 Å². The second kappa shape index (κ2) is 4.69. The molecular weight excluding hydrogens is 200 g/mol. The van der Waals surface area contributed by atoms with Gasteiger partial charge in [-0.25, -0.2) is 0 Å². The van der Waals surface area contributed by atoms with Gasteiger partial charge >= 0.3 is 5.97 Å². The third-order valence-corrected chi connectivity index (χ3v) is 3.52. The Balaban J connectivity index is 1.98. The Kier molecular flexibility index (Phi) is 3.28. The number of carboxylic acids is 1. The Morgan fingerprint density at radius 3 is 2.44 bits per heavy atom. The molecule has 1 N–H and O–H groups in total. The SMILES string of the molecule is CC(Cc1ccc(C2CCC2)cc1)C(=O)O. The van der Waals surface area contributed by atoms with Gasteiger partial charge in [0.15, 0.2) is 0 Å². The Labute approximate surface area is 96.3 Å². The zero-order valence-electron chi connectivity index (χ0n) is 9.65. The Morgan fingerprint density at radius 2 is 2.00 bits per heavy atom. The highest BCUT2D eigenvalue weighted by molar-refractivity contribution is 5.69. The van der Waals surface area contributed by atoms with Gasteiger partial charge in [-0.1, -0.05) is 37.6 Å². The zero-order chi connectivity index (χ0) is 11.5. The molecule has 0 spiro atoms. The Bertz CT molecular complexity index is 363. The van der Waals surface area contributed by atoms with Crippen LogP contribution < -0.4 is 0 Å². The van der Waals surface area contributed by atoms with Gasteiger partial charge in [0.05, 0.1) is 5.92 Å². The summed E-state index contributed by atoms with van der Waals surface area (Å²) in [6, 6.07) is 8.47. The molecule has 1 unspecified atom stereocenters. The lowest BCUT2D eigenvalue weighted by atomic mass is 9.80. The lowest BCUT2D eigenvalue weighted by Crippen LogP contribution is -2.12. The molecule has 1 fully saturated rings. The molecule has 0 bridgehead atoms. The molecule has 86 valence electrons. The van der Waals surface area contributed by atoms with Crippen LogP contribution in [-0.2, 0) is 11.2 Å². The zero-order valence-corrected chi connectivity index (χ0v) is 9.65. The second-order valence-corrected chi connectivity index (χ2v) is 4.81. The monoisotopic (exact) mass is 218 g/mol. The van der Waals surface area contributed by atoms with Crippen molar-refractivity contribution in [3.05, 3.63) is 35.4 Å². The van der Waals surface area contributed by atoms with Gasteiger partial charge in [0.1, 0.15) is 0 Å². The van der Waals surface area contributed by atoms with Crippen molar-refractivity contribution in [1.29, 1.82) is 0 Å². The molecule has 1 aliphatic carbocycles. The van der Waals surface area contributed by atoms with Gasteiger partial charge in [0.25, 0.3) is 0 Å². The smallest absolute Gasteiger partial charge is 0.306 e. The van der Waals surface area contributed by atoms with Crippen molar-refractivity contribution in [2.45, 2.75) is 38.5 Å². The van der Waals surface area contributed by atoms with Crippen LogP contribution in [0.1, 0.15) is 43.2 Å². The highest BCUT2D eigenvalue weighted by Gasteiger charge is 2.19. The lowest BCUT2D eigenvalue weighted by Gasteiger charge is -2.25. The molecule has 1 atom stereocenters. The normalized spacial score (nSPS) is 17.8. The molecule has 0 amide bonds. The van der Waals surface area contributed by atoms with Crippen LogP contribution in [0.5, 0.6) is 0 Å². The van der Waals surface area contributed by atoms with Crippen LogP contribution in [0, 0.1) is 5.92 Å². The van der Waals surface area contributed by atoms with Crippen LogP contribution >= 0.6 is 0 Å². The highest BCUT2D eigenvalue weighted by atomic mass is 16.4. The van der Waals surface area contributed by atoms with Gasteiger partial charge < -0.3 is 5.11 Å². The fourth-order valence-electron chi connectivity index (χ4n) is 2.11. The molecule has 1 aromatic rings. The van der Waals surface area contributed by atoms with Gasteiger partial charge in [0, 0.05) is 0 Å². The molecule has 0 saturated heterocycles. The van der Waals surface area contributed by atoms with Crippen LogP contribution in [0.15, 0.2) is 24.3 Å². The summed E-state index contributed by atoms with van der Waals surface area (Å²) in [4.78, 5) is 10.7. The molecule has 0 radical (unpaired) electrons. The minimum atomic E-state index is -0.719. The van der Waals surface area contributed by atoms with Gasteiger partial charge in [-0.2, -0.15) is 0 Å². The molecule has 0 aromatic heterocycles. The molecular formula is C14H18O2. The molecule has 2 heteroatoms. The van der Waals surface area contributed by atoms with Crippen molar-refractivity contribution in [2.75, 3.05) is 0 Å². The van der Waals surface area contributed by atoms with Crippen LogP contribution in [0.25, 0.3) is 0 Å². The fraction of sp³-hybridized carbons (Fsp3) is 0.500. The Hall–Kier alpha value is -1.31. The predicted molar refractivity (Wildman–Crippen MR) is 63.5 cm³/mol. The maximum Gasteiger partial charge on any atom is 0.306 e. The molecule has 0 heterocycles. The summed E-state index contributed by atoms with van der Waals surface area (Å²) in [5, 5.41) is 8.83. The summed E-state index contributed by atoms with van der Waals surface area (Å²) < 4.78 is 0. The average Bonchev–Trinajstić information content (AvgIpc) is 2.18. The van der Waals surface area contributed by atoms with E-state index in [1.54, 1.807) is 6.92 Å². The van der Waals surface area contributed by atoms with Gasteiger partial charge in [0.2, 0.25) is 0 Å². The van der Waals surface area contributed by atoms with E-state index in [-0.39, 0.29) is 5.92 Å². The average molecular weight is 218 g/mol. The first-order chi connectivity index (χ1) is 7.66. The maximum atomic E-state index is 10.7. The lowest BCUT2D eigenvalue weighted by molar-refractivity contribution is -0.141. The van der Waals surface area contributed by atoms with E-state index in [2.05, 4.69) is 24.3 Å². The maximum absolute atomic E-state index is 10.7. The van der Waals surface area contributed by atoms with Crippen molar-refractivity contribution < 1.29 is 9.90 Å². The van der Waals surface area contributed by atoms with E-state index < -0.39 is 5.97 Å². The third-order valence-electron chi connectivity index (χ3n) is 3.52.